The Morgan fingerprint density at radius 1 is 1.11 bits per heavy atom. The Morgan fingerprint density at radius 2 is 1.86 bits per heavy atom. The van der Waals surface area contributed by atoms with Gasteiger partial charge in [-0.1, -0.05) is 49.7 Å². The normalized spacial score (nSPS) is 11.9. The molecular formula is C28H25ClF3N3OS. The van der Waals surface area contributed by atoms with Gasteiger partial charge in [0.05, 0.1) is 11.3 Å². The van der Waals surface area contributed by atoms with Crippen LogP contribution in [-0.2, 0) is 19.1 Å². The molecule has 0 spiro atoms. The van der Waals surface area contributed by atoms with E-state index in [2.05, 4.69) is 17.2 Å². The summed E-state index contributed by atoms with van der Waals surface area (Å²) < 4.78 is 42.2. The molecule has 2 aromatic heterocycles. The molecule has 4 aromatic rings. The second-order valence-electron chi connectivity index (χ2n) is 8.23. The first-order chi connectivity index (χ1) is 17.7. The number of nitrogens with one attached hydrogen (secondary N) is 1. The minimum absolute atomic E-state index is 0.00519. The smallest absolute Gasteiger partial charge is 0.348 e. The fourth-order valence-electron chi connectivity index (χ4n) is 4.01. The van der Waals surface area contributed by atoms with E-state index in [0.717, 1.165) is 23.1 Å². The van der Waals surface area contributed by atoms with E-state index >= 15 is 0 Å². The first-order valence-electron chi connectivity index (χ1n) is 11.8. The Kier molecular flexibility index (Phi) is 8.29. The second-order valence-corrected chi connectivity index (χ2v) is 9.98. The maximum Gasteiger partial charge on any atom is 0.417 e. The van der Waals surface area contributed by atoms with Crippen molar-refractivity contribution >= 4 is 47.1 Å². The van der Waals surface area contributed by atoms with Crippen LogP contribution in [0.1, 0.15) is 52.3 Å². The number of halogens is 4. The number of hydrogen-bond donors (Lipinski definition) is 1. The Hall–Kier alpha value is -3.23. The number of benzene rings is 2. The summed E-state index contributed by atoms with van der Waals surface area (Å²) in [6.07, 6.45) is 0.677. The topological polar surface area (TPSA) is 46.4 Å². The summed E-state index contributed by atoms with van der Waals surface area (Å²) in [7, 11) is 0. The van der Waals surface area contributed by atoms with Gasteiger partial charge in [0.1, 0.15) is 5.65 Å². The first-order valence-corrected chi connectivity index (χ1v) is 13.1. The molecule has 0 radical (unpaired) electrons. The van der Waals surface area contributed by atoms with Crippen LogP contribution >= 0.6 is 23.4 Å². The van der Waals surface area contributed by atoms with Crippen LogP contribution < -0.4 is 5.32 Å². The molecule has 37 heavy (non-hydrogen) atoms. The summed E-state index contributed by atoms with van der Waals surface area (Å²) in [6, 6.07) is 15.1. The number of pyridine rings is 1. The summed E-state index contributed by atoms with van der Waals surface area (Å²) in [5.41, 5.74) is 2.36. The number of hydrogen-bond acceptors (Lipinski definition) is 3. The van der Waals surface area contributed by atoms with E-state index in [0.29, 0.717) is 29.9 Å². The molecule has 4 nitrogen and oxygen atoms in total. The Bertz CT molecular complexity index is 1450. The molecule has 1 amide bonds. The average Bonchev–Trinajstić information content (AvgIpc) is 3.23. The highest BCUT2D eigenvalue weighted by Crippen LogP contribution is 2.36. The number of nitrogens with zero attached hydrogens (tertiary/aromatic N) is 2. The molecule has 0 aliphatic rings. The third-order valence-corrected chi connectivity index (χ3v) is 7.03. The fraction of sp³-hybridized carbons (Fsp3) is 0.214. The third-order valence-electron chi connectivity index (χ3n) is 5.81. The first kappa shape index (κ1) is 26.8. The number of thioether (sulfide) groups is 1. The number of alkyl halides is 3. The molecule has 1 N–H and O–H groups in total. The van der Waals surface area contributed by atoms with Crippen molar-refractivity contribution in [2.75, 3.05) is 5.75 Å². The van der Waals surface area contributed by atoms with Gasteiger partial charge in [0.15, 0.2) is 0 Å². The van der Waals surface area contributed by atoms with Gasteiger partial charge in [0.2, 0.25) is 0 Å². The van der Waals surface area contributed by atoms with Crippen LogP contribution in [0.3, 0.4) is 0 Å². The summed E-state index contributed by atoms with van der Waals surface area (Å²) in [5, 5.41) is 2.93. The summed E-state index contributed by atoms with van der Waals surface area (Å²) in [5.74, 6) is 0.761. The predicted molar refractivity (Wildman–Crippen MR) is 144 cm³/mol. The minimum Gasteiger partial charge on any atom is -0.348 e. The molecule has 2 aromatic carbocycles. The molecule has 0 atom stereocenters. The van der Waals surface area contributed by atoms with E-state index in [1.807, 2.05) is 35.6 Å². The van der Waals surface area contributed by atoms with E-state index in [1.54, 1.807) is 30.1 Å². The van der Waals surface area contributed by atoms with Gasteiger partial charge in [-0.15, -0.1) is 11.8 Å². The number of aryl methyl sites for hydroxylation is 1. The van der Waals surface area contributed by atoms with Crippen molar-refractivity contribution < 1.29 is 18.0 Å². The van der Waals surface area contributed by atoms with Crippen LogP contribution in [-0.4, -0.2) is 21.0 Å². The highest BCUT2D eigenvalue weighted by Gasteiger charge is 2.33. The van der Waals surface area contributed by atoms with Crippen LogP contribution in [0.2, 0.25) is 5.02 Å². The number of carbonyl (C=O) groups is 1. The van der Waals surface area contributed by atoms with Gasteiger partial charge in [0, 0.05) is 39.5 Å². The molecule has 0 unspecified atom stereocenters. The summed E-state index contributed by atoms with van der Waals surface area (Å²) >= 11 is 7.84. The van der Waals surface area contributed by atoms with Crippen LogP contribution in [0.4, 0.5) is 13.2 Å². The van der Waals surface area contributed by atoms with Crippen molar-refractivity contribution in [3.63, 3.8) is 0 Å². The van der Waals surface area contributed by atoms with Crippen molar-refractivity contribution in [2.45, 2.75) is 37.9 Å². The maximum absolute atomic E-state index is 13.5. The summed E-state index contributed by atoms with van der Waals surface area (Å²) in [4.78, 5) is 18.5. The van der Waals surface area contributed by atoms with E-state index in [4.69, 9.17) is 11.6 Å². The maximum atomic E-state index is 13.5. The van der Waals surface area contributed by atoms with Gasteiger partial charge >= 0.3 is 6.18 Å². The lowest BCUT2D eigenvalue weighted by Gasteiger charge is -2.11. The molecule has 0 saturated heterocycles. The Labute approximate surface area is 222 Å². The van der Waals surface area contributed by atoms with Crippen LogP contribution in [0.15, 0.2) is 65.7 Å². The van der Waals surface area contributed by atoms with Crippen molar-refractivity contribution in [3.8, 4) is 0 Å². The predicted octanol–water partition coefficient (Wildman–Crippen LogP) is 7.78. The van der Waals surface area contributed by atoms with Crippen LogP contribution in [0, 0.1) is 0 Å². The van der Waals surface area contributed by atoms with Gasteiger partial charge in [-0.3, -0.25) is 4.79 Å². The van der Waals surface area contributed by atoms with Crippen LogP contribution in [0.5, 0.6) is 0 Å². The van der Waals surface area contributed by atoms with Gasteiger partial charge in [0.25, 0.3) is 5.91 Å². The molecule has 0 fully saturated rings. The molecule has 0 saturated carbocycles. The lowest BCUT2D eigenvalue weighted by atomic mass is 10.1. The van der Waals surface area contributed by atoms with Crippen molar-refractivity contribution in [1.82, 2.24) is 14.7 Å². The van der Waals surface area contributed by atoms with Crippen molar-refractivity contribution in [3.05, 3.63) is 99.5 Å². The number of amides is 1. The van der Waals surface area contributed by atoms with Gasteiger partial charge in [-0.2, -0.15) is 13.2 Å². The van der Waals surface area contributed by atoms with Crippen LogP contribution in [0.25, 0.3) is 17.8 Å². The van der Waals surface area contributed by atoms with E-state index in [-0.39, 0.29) is 16.5 Å². The monoisotopic (exact) mass is 543 g/mol. The van der Waals surface area contributed by atoms with Gasteiger partial charge in [-0.25, -0.2) is 4.98 Å². The highest BCUT2D eigenvalue weighted by molar-refractivity contribution is 7.99. The highest BCUT2D eigenvalue weighted by atomic mass is 35.5. The molecule has 0 aliphatic carbocycles. The zero-order valence-corrected chi connectivity index (χ0v) is 21.8. The average molecular weight is 544 g/mol. The number of aromatic nitrogens is 2. The number of carbonyl (C=O) groups excluding carboxylic acids is 1. The molecule has 9 heteroatoms. The van der Waals surface area contributed by atoms with Crippen molar-refractivity contribution in [2.24, 2.45) is 0 Å². The number of fused-ring (bicyclic) bond motifs is 1. The third kappa shape index (κ3) is 6.19. The molecule has 4 rings (SSSR count). The molecule has 0 aliphatic heterocycles. The lowest BCUT2D eigenvalue weighted by molar-refractivity contribution is -0.137. The largest absolute Gasteiger partial charge is 0.417 e. The quantitative estimate of drug-likeness (QED) is 0.231. The van der Waals surface area contributed by atoms with E-state index < -0.39 is 11.7 Å². The number of imidazole rings is 1. The van der Waals surface area contributed by atoms with Crippen molar-refractivity contribution in [1.29, 1.82) is 0 Å². The Morgan fingerprint density at radius 3 is 2.54 bits per heavy atom. The second kappa shape index (κ2) is 11.4. The molecule has 0 bridgehead atoms. The molecule has 192 valence electrons. The Balaban J connectivity index is 1.56. The minimum atomic E-state index is -4.53. The standard InChI is InChI=1S/C28H25ClF3N3OS/c1-3-25-24(13-12-21-22(28(30,31)32)6-5-7-23(21)29)34-26-16-19(14-15-35(25)26)27(36)33-17-18-8-10-20(11-9-18)37-4-2/h5-16H,3-4,17H2,1-2H3,(H,33,36)/b13-12+. The molecule has 2 heterocycles. The number of rotatable bonds is 8. The van der Waals surface area contributed by atoms with E-state index in [1.165, 1.54) is 29.2 Å². The van der Waals surface area contributed by atoms with Gasteiger partial charge < -0.3 is 9.72 Å². The SMILES string of the molecule is CCSc1ccc(CNC(=O)c2ccn3c(CC)c(/C=C/c4c(Cl)cccc4C(F)(F)F)nc3c2)cc1. The fourth-order valence-corrected chi connectivity index (χ4v) is 4.91. The molecular weight excluding hydrogens is 519 g/mol. The zero-order chi connectivity index (χ0) is 26.6. The lowest BCUT2D eigenvalue weighted by Crippen LogP contribution is -2.22. The van der Waals surface area contributed by atoms with Gasteiger partial charge in [-0.05, 0) is 60.2 Å². The summed E-state index contributed by atoms with van der Waals surface area (Å²) in [6.45, 7) is 4.42. The van der Waals surface area contributed by atoms with E-state index in [9.17, 15) is 18.0 Å². The zero-order valence-electron chi connectivity index (χ0n) is 20.3.